The summed E-state index contributed by atoms with van der Waals surface area (Å²) in [5.74, 6) is 0.522. The maximum atomic E-state index is 13.5. The van der Waals surface area contributed by atoms with E-state index in [1.165, 1.54) is 6.07 Å². The Labute approximate surface area is 108 Å². The first kappa shape index (κ1) is 12.8. The van der Waals surface area contributed by atoms with Crippen LogP contribution in [0.1, 0.15) is 25.3 Å². The monoisotopic (exact) mass is 255 g/mol. The van der Waals surface area contributed by atoms with Crippen LogP contribution in [0.15, 0.2) is 24.3 Å². The van der Waals surface area contributed by atoms with Crippen molar-refractivity contribution in [2.45, 2.75) is 31.7 Å². The second-order valence-electron chi connectivity index (χ2n) is 4.88. The standard InChI is InChI=1S/C14H19ClFN/c1-11(15)12-6-8-17(9-7-12)10-13-4-2-3-5-14(13)16/h2-5,11-12H,6-10H2,1H3. The van der Waals surface area contributed by atoms with Crippen LogP contribution in [0.3, 0.4) is 0 Å². The van der Waals surface area contributed by atoms with Gasteiger partial charge in [-0.1, -0.05) is 18.2 Å². The smallest absolute Gasteiger partial charge is 0.127 e. The zero-order valence-corrected chi connectivity index (χ0v) is 11.0. The molecule has 1 unspecified atom stereocenters. The van der Waals surface area contributed by atoms with Gasteiger partial charge in [-0.25, -0.2) is 4.39 Å². The molecule has 0 aromatic heterocycles. The van der Waals surface area contributed by atoms with Crippen molar-refractivity contribution in [3.63, 3.8) is 0 Å². The fraction of sp³-hybridized carbons (Fsp3) is 0.571. The summed E-state index contributed by atoms with van der Waals surface area (Å²) >= 11 is 6.11. The first-order valence-corrected chi connectivity index (χ1v) is 6.70. The number of halogens is 2. The predicted octanol–water partition coefficient (Wildman–Crippen LogP) is 3.67. The average Bonchev–Trinajstić information content (AvgIpc) is 2.33. The van der Waals surface area contributed by atoms with Crippen molar-refractivity contribution in [1.29, 1.82) is 0 Å². The summed E-state index contributed by atoms with van der Waals surface area (Å²) in [6.45, 7) is 4.83. The largest absolute Gasteiger partial charge is 0.299 e. The Kier molecular flexibility index (Phi) is 4.41. The number of alkyl halides is 1. The highest BCUT2D eigenvalue weighted by Crippen LogP contribution is 2.25. The van der Waals surface area contributed by atoms with Gasteiger partial charge in [0.2, 0.25) is 0 Å². The molecule has 1 nitrogen and oxygen atoms in total. The molecule has 3 heteroatoms. The van der Waals surface area contributed by atoms with Crippen molar-refractivity contribution in [2.24, 2.45) is 5.92 Å². The highest BCUT2D eigenvalue weighted by Gasteiger charge is 2.22. The second kappa shape index (κ2) is 5.83. The maximum absolute atomic E-state index is 13.5. The molecule has 1 aromatic rings. The van der Waals surface area contributed by atoms with E-state index >= 15 is 0 Å². The molecule has 2 rings (SSSR count). The number of rotatable bonds is 3. The minimum Gasteiger partial charge on any atom is -0.299 e. The highest BCUT2D eigenvalue weighted by molar-refractivity contribution is 6.20. The molecule has 17 heavy (non-hydrogen) atoms. The maximum Gasteiger partial charge on any atom is 0.127 e. The van der Waals surface area contributed by atoms with E-state index in [0.717, 1.165) is 38.0 Å². The lowest BCUT2D eigenvalue weighted by Crippen LogP contribution is -2.35. The SMILES string of the molecule is CC(Cl)C1CCN(Cc2ccccc2F)CC1. The van der Waals surface area contributed by atoms with Gasteiger partial charge in [-0.15, -0.1) is 11.6 Å². The lowest BCUT2D eigenvalue weighted by molar-refractivity contribution is 0.175. The summed E-state index contributed by atoms with van der Waals surface area (Å²) in [4.78, 5) is 2.31. The number of likely N-dealkylation sites (tertiary alicyclic amines) is 1. The predicted molar refractivity (Wildman–Crippen MR) is 69.7 cm³/mol. The minimum absolute atomic E-state index is 0.0969. The number of nitrogens with zero attached hydrogens (tertiary/aromatic N) is 1. The lowest BCUT2D eigenvalue weighted by atomic mass is 9.94. The molecular formula is C14H19ClFN. The molecule has 0 N–H and O–H groups in total. The number of benzene rings is 1. The van der Waals surface area contributed by atoms with Crippen LogP contribution >= 0.6 is 11.6 Å². The van der Waals surface area contributed by atoms with Gasteiger partial charge in [-0.3, -0.25) is 4.90 Å². The molecule has 1 aliphatic rings. The van der Waals surface area contributed by atoms with Crippen LogP contribution < -0.4 is 0 Å². The molecule has 0 saturated carbocycles. The summed E-state index contributed by atoms with van der Waals surface area (Å²) in [6.07, 6.45) is 2.25. The van der Waals surface area contributed by atoms with Gasteiger partial charge in [0.05, 0.1) is 0 Å². The van der Waals surface area contributed by atoms with E-state index in [0.29, 0.717) is 5.92 Å². The van der Waals surface area contributed by atoms with E-state index < -0.39 is 0 Å². The number of hydrogen-bond acceptors (Lipinski definition) is 1. The van der Waals surface area contributed by atoms with Crippen LogP contribution in [-0.4, -0.2) is 23.4 Å². The quantitative estimate of drug-likeness (QED) is 0.745. The first-order chi connectivity index (χ1) is 8.16. The molecule has 1 saturated heterocycles. The minimum atomic E-state index is -0.0969. The van der Waals surface area contributed by atoms with E-state index in [9.17, 15) is 4.39 Å². The van der Waals surface area contributed by atoms with Crippen molar-refractivity contribution < 1.29 is 4.39 Å². The van der Waals surface area contributed by atoms with E-state index in [1.54, 1.807) is 6.07 Å². The van der Waals surface area contributed by atoms with Crippen LogP contribution in [0.25, 0.3) is 0 Å². The summed E-state index contributed by atoms with van der Waals surface area (Å²) < 4.78 is 13.5. The molecule has 1 fully saturated rings. The summed E-state index contributed by atoms with van der Waals surface area (Å²) in [5, 5.41) is 0.255. The summed E-state index contributed by atoms with van der Waals surface area (Å²) in [5.41, 5.74) is 0.796. The molecule has 0 amide bonds. The Balaban J connectivity index is 1.88. The number of hydrogen-bond donors (Lipinski definition) is 0. The fourth-order valence-corrected chi connectivity index (χ4v) is 2.69. The molecule has 0 bridgehead atoms. The zero-order chi connectivity index (χ0) is 12.3. The van der Waals surface area contributed by atoms with Crippen molar-refractivity contribution in [2.75, 3.05) is 13.1 Å². The third kappa shape index (κ3) is 3.43. The molecule has 94 valence electrons. The molecule has 1 aromatic carbocycles. The van der Waals surface area contributed by atoms with Crippen molar-refractivity contribution in [3.8, 4) is 0 Å². The van der Waals surface area contributed by atoms with Crippen molar-refractivity contribution >= 4 is 11.6 Å². The van der Waals surface area contributed by atoms with Gasteiger partial charge in [-0.2, -0.15) is 0 Å². The molecule has 1 heterocycles. The molecule has 0 radical (unpaired) electrons. The van der Waals surface area contributed by atoms with Gasteiger partial charge in [0.25, 0.3) is 0 Å². The third-order valence-electron chi connectivity index (χ3n) is 3.63. The highest BCUT2D eigenvalue weighted by atomic mass is 35.5. The van der Waals surface area contributed by atoms with Crippen LogP contribution in [-0.2, 0) is 6.54 Å². The Morgan fingerprint density at radius 3 is 2.59 bits per heavy atom. The third-order valence-corrected chi connectivity index (χ3v) is 3.99. The normalized spacial score (nSPS) is 20.4. The van der Waals surface area contributed by atoms with Gasteiger partial charge in [-0.05, 0) is 44.8 Å². The fourth-order valence-electron chi connectivity index (χ4n) is 2.44. The molecule has 1 atom stereocenters. The van der Waals surface area contributed by atoms with Crippen LogP contribution in [0.5, 0.6) is 0 Å². The second-order valence-corrected chi connectivity index (χ2v) is 5.57. The van der Waals surface area contributed by atoms with Gasteiger partial charge >= 0.3 is 0 Å². The zero-order valence-electron chi connectivity index (χ0n) is 10.2. The molecule has 1 aliphatic heterocycles. The Morgan fingerprint density at radius 1 is 1.35 bits per heavy atom. The first-order valence-electron chi connectivity index (χ1n) is 6.26. The Hall–Kier alpha value is -0.600. The van der Waals surface area contributed by atoms with Crippen LogP contribution in [0.2, 0.25) is 0 Å². The average molecular weight is 256 g/mol. The van der Waals surface area contributed by atoms with E-state index in [1.807, 2.05) is 12.1 Å². The van der Waals surface area contributed by atoms with Crippen molar-refractivity contribution in [1.82, 2.24) is 4.90 Å². The molecular weight excluding hydrogens is 237 g/mol. The van der Waals surface area contributed by atoms with E-state index in [-0.39, 0.29) is 11.2 Å². The topological polar surface area (TPSA) is 3.24 Å². The van der Waals surface area contributed by atoms with E-state index in [4.69, 9.17) is 11.6 Å². The lowest BCUT2D eigenvalue weighted by Gasteiger charge is -2.33. The number of piperidine rings is 1. The van der Waals surface area contributed by atoms with Gasteiger partial charge in [0, 0.05) is 17.5 Å². The van der Waals surface area contributed by atoms with Crippen molar-refractivity contribution in [3.05, 3.63) is 35.6 Å². The summed E-state index contributed by atoms with van der Waals surface area (Å²) in [6, 6.07) is 7.03. The molecule has 0 spiro atoms. The van der Waals surface area contributed by atoms with Gasteiger partial charge in [0.1, 0.15) is 5.82 Å². The Morgan fingerprint density at radius 2 is 2.00 bits per heavy atom. The molecule has 0 aliphatic carbocycles. The van der Waals surface area contributed by atoms with Crippen LogP contribution in [0, 0.1) is 11.7 Å². The van der Waals surface area contributed by atoms with Crippen LogP contribution in [0.4, 0.5) is 4.39 Å². The Bertz CT molecular complexity index is 359. The van der Waals surface area contributed by atoms with Gasteiger partial charge in [0.15, 0.2) is 0 Å². The van der Waals surface area contributed by atoms with E-state index in [2.05, 4.69) is 11.8 Å². The summed E-state index contributed by atoms with van der Waals surface area (Å²) in [7, 11) is 0. The van der Waals surface area contributed by atoms with Gasteiger partial charge < -0.3 is 0 Å².